The first kappa shape index (κ1) is 11.6. The maximum Gasteiger partial charge on any atom is 0.248 e. The van der Waals surface area contributed by atoms with Crippen LogP contribution in [0.25, 0.3) is 11.6 Å². The van der Waals surface area contributed by atoms with Crippen molar-refractivity contribution in [1.82, 2.24) is 25.1 Å². The number of nitrogens with two attached hydrogens (primary N) is 1. The summed E-state index contributed by atoms with van der Waals surface area (Å²) in [5.74, 6) is 1.39. The molecule has 0 aromatic carbocycles. The molecule has 19 heavy (non-hydrogen) atoms. The van der Waals surface area contributed by atoms with Crippen LogP contribution in [0.3, 0.4) is 0 Å². The van der Waals surface area contributed by atoms with Crippen LogP contribution >= 0.6 is 0 Å². The molecule has 3 aromatic rings. The van der Waals surface area contributed by atoms with Gasteiger partial charge in [-0.3, -0.25) is 0 Å². The largest absolute Gasteiger partial charge is 0.461 e. The SMILES string of the molecule is CC(N)c1cn(Cc2nc(-c3ccco3)no2)nn1. The molecule has 0 saturated heterocycles. The molecule has 0 saturated carbocycles. The minimum atomic E-state index is -0.157. The molecule has 0 spiro atoms. The number of furan rings is 1. The zero-order valence-electron chi connectivity index (χ0n) is 10.2. The number of nitrogens with zero attached hydrogens (tertiary/aromatic N) is 5. The Kier molecular flexibility index (Phi) is 2.84. The molecule has 3 heterocycles. The van der Waals surface area contributed by atoms with Crippen LogP contribution in [0.1, 0.15) is 24.6 Å². The van der Waals surface area contributed by atoms with Crippen molar-refractivity contribution in [3.63, 3.8) is 0 Å². The summed E-state index contributed by atoms with van der Waals surface area (Å²) in [6, 6.07) is 3.37. The van der Waals surface area contributed by atoms with E-state index in [1.807, 2.05) is 6.92 Å². The molecule has 2 N–H and O–H groups in total. The van der Waals surface area contributed by atoms with E-state index in [0.29, 0.717) is 29.7 Å². The van der Waals surface area contributed by atoms with Gasteiger partial charge in [-0.2, -0.15) is 4.98 Å². The lowest BCUT2D eigenvalue weighted by molar-refractivity contribution is 0.363. The van der Waals surface area contributed by atoms with E-state index in [9.17, 15) is 0 Å². The van der Waals surface area contributed by atoms with Crippen molar-refractivity contribution in [2.75, 3.05) is 0 Å². The van der Waals surface area contributed by atoms with Crippen LogP contribution in [0.5, 0.6) is 0 Å². The smallest absolute Gasteiger partial charge is 0.248 e. The molecular weight excluding hydrogens is 248 g/mol. The third-order valence-electron chi connectivity index (χ3n) is 2.53. The molecule has 0 radical (unpaired) electrons. The summed E-state index contributed by atoms with van der Waals surface area (Å²) in [7, 11) is 0. The van der Waals surface area contributed by atoms with Gasteiger partial charge in [-0.1, -0.05) is 10.4 Å². The highest BCUT2D eigenvalue weighted by Gasteiger charge is 2.12. The second-order valence-electron chi connectivity index (χ2n) is 4.12. The number of rotatable bonds is 4. The van der Waals surface area contributed by atoms with Gasteiger partial charge in [-0.25, -0.2) is 4.68 Å². The molecule has 98 valence electrons. The van der Waals surface area contributed by atoms with Crippen LogP contribution in [0, 0.1) is 0 Å². The number of hydrogen-bond acceptors (Lipinski definition) is 7. The van der Waals surface area contributed by atoms with E-state index < -0.39 is 0 Å². The van der Waals surface area contributed by atoms with Crippen LogP contribution in [0.2, 0.25) is 0 Å². The van der Waals surface area contributed by atoms with E-state index in [0.717, 1.165) is 0 Å². The third kappa shape index (κ3) is 2.38. The zero-order valence-corrected chi connectivity index (χ0v) is 10.2. The van der Waals surface area contributed by atoms with Crippen molar-refractivity contribution in [3.05, 3.63) is 36.2 Å². The zero-order chi connectivity index (χ0) is 13.2. The lowest BCUT2D eigenvalue weighted by Gasteiger charge is -1.95. The van der Waals surface area contributed by atoms with Crippen molar-refractivity contribution in [2.24, 2.45) is 5.73 Å². The molecule has 1 atom stereocenters. The Hall–Kier alpha value is -2.48. The highest BCUT2D eigenvalue weighted by atomic mass is 16.5. The second kappa shape index (κ2) is 4.65. The Morgan fingerprint density at radius 2 is 2.37 bits per heavy atom. The van der Waals surface area contributed by atoms with Gasteiger partial charge in [0.15, 0.2) is 5.76 Å². The van der Waals surface area contributed by atoms with E-state index in [4.69, 9.17) is 14.7 Å². The molecule has 0 bridgehead atoms. The minimum Gasteiger partial charge on any atom is -0.461 e. The molecular formula is C11H12N6O2. The molecule has 3 rings (SSSR count). The van der Waals surface area contributed by atoms with Crippen molar-refractivity contribution in [1.29, 1.82) is 0 Å². The first-order valence-corrected chi connectivity index (χ1v) is 5.74. The normalized spacial score (nSPS) is 12.7. The predicted octanol–water partition coefficient (Wildman–Crippen LogP) is 0.989. The summed E-state index contributed by atoms with van der Waals surface area (Å²) in [5.41, 5.74) is 6.42. The van der Waals surface area contributed by atoms with Gasteiger partial charge in [-0.05, 0) is 19.1 Å². The summed E-state index contributed by atoms with van der Waals surface area (Å²) >= 11 is 0. The number of aromatic nitrogens is 5. The van der Waals surface area contributed by atoms with Crippen LogP contribution in [0.15, 0.2) is 33.5 Å². The summed E-state index contributed by atoms with van der Waals surface area (Å²) < 4.78 is 11.9. The average molecular weight is 260 g/mol. The quantitative estimate of drug-likeness (QED) is 0.744. The lowest BCUT2D eigenvalue weighted by Crippen LogP contribution is -2.05. The second-order valence-corrected chi connectivity index (χ2v) is 4.12. The minimum absolute atomic E-state index is 0.157. The maximum atomic E-state index is 5.71. The predicted molar refractivity (Wildman–Crippen MR) is 63.7 cm³/mol. The van der Waals surface area contributed by atoms with Crippen molar-refractivity contribution in [3.8, 4) is 11.6 Å². The Morgan fingerprint density at radius 3 is 3.05 bits per heavy atom. The van der Waals surface area contributed by atoms with Gasteiger partial charge in [0, 0.05) is 6.04 Å². The van der Waals surface area contributed by atoms with E-state index >= 15 is 0 Å². The lowest BCUT2D eigenvalue weighted by atomic mass is 10.3. The summed E-state index contributed by atoms with van der Waals surface area (Å²) in [4.78, 5) is 4.21. The molecule has 0 aliphatic heterocycles. The molecule has 1 unspecified atom stereocenters. The van der Waals surface area contributed by atoms with Crippen LogP contribution in [-0.4, -0.2) is 25.1 Å². The van der Waals surface area contributed by atoms with Gasteiger partial charge in [0.25, 0.3) is 0 Å². The van der Waals surface area contributed by atoms with Gasteiger partial charge in [0.1, 0.15) is 6.54 Å². The number of hydrogen-bond donors (Lipinski definition) is 1. The third-order valence-corrected chi connectivity index (χ3v) is 2.53. The highest BCUT2D eigenvalue weighted by Crippen LogP contribution is 2.16. The Morgan fingerprint density at radius 1 is 1.47 bits per heavy atom. The fourth-order valence-corrected chi connectivity index (χ4v) is 1.56. The fraction of sp³-hybridized carbons (Fsp3) is 0.273. The summed E-state index contributed by atoms with van der Waals surface area (Å²) in [6.45, 7) is 2.18. The molecule has 0 aliphatic rings. The van der Waals surface area contributed by atoms with Crippen LogP contribution in [0.4, 0.5) is 0 Å². The van der Waals surface area contributed by atoms with E-state index in [2.05, 4.69) is 20.5 Å². The molecule has 8 heteroatoms. The first-order valence-electron chi connectivity index (χ1n) is 5.74. The first-order chi connectivity index (χ1) is 9.22. The molecule has 3 aromatic heterocycles. The average Bonchev–Trinajstić information content (AvgIpc) is 3.09. The monoisotopic (exact) mass is 260 g/mol. The topological polar surface area (TPSA) is 109 Å². The van der Waals surface area contributed by atoms with E-state index in [1.165, 1.54) is 0 Å². The van der Waals surface area contributed by atoms with Gasteiger partial charge in [0.05, 0.1) is 18.2 Å². The molecule has 0 amide bonds. The standard InChI is InChI=1S/C11H12N6O2/c1-7(12)8-5-17(16-14-8)6-10-13-11(15-19-10)9-3-2-4-18-9/h2-5,7H,6,12H2,1H3. The van der Waals surface area contributed by atoms with Gasteiger partial charge >= 0.3 is 0 Å². The van der Waals surface area contributed by atoms with Crippen LogP contribution < -0.4 is 5.73 Å². The Bertz CT molecular complexity index is 654. The van der Waals surface area contributed by atoms with Crippen molar-refractivity contribution >= 4 is 0 Å². The molecule has 0 aliphatic carbocycles. The van der Waals surface area contributed by atoms with Crippen molar-refractivity contribution < 1.29 is 8.94 Å². The highest BCUT2D eigenvalue weighted by molar-refractivity contribution is 5.44. The maximum absolute atomic E-state index is 5.71. The van der Waals surface area contributed by atoms with E-state index in [1.54, 1.807) is 29.3 Å². The molecule has 0 fully saturated rings. The van der Waals surface area contributed by atoms with Gasteiger partial charge < -0.3 is 14.7 Å². The van der Waals surface area contributed by atoms with Gasteiger partial charge in [0.2, 0.25) is 11.7 Å². The Balaban J connectivity index is 1.76. The summed E-state index contributed by atoms with van der Waals surface area (Å²) in [5, 5.41) is 11.7. The van der Waals surface area contributed by atoms with Crippen molar-refractivity contribution in [2.45, 2.75) is 19.5 Å². The van der Waals surface area contributed by atoms with Crippen LogP contribution in [-0.2, 0) is 6.54 Å². The Labute approximate surface area is 108 Å². The fourth-order valence-electron chi connectivity index (χ4n) is 1.56. The van der Waals surface area contributed by atoms with E-state index in [-0.39, 0.29) is 6.04 Å². The van der Waals surface area contributed by atoms with Gasteiger partial charge in [-0.15, -0.1) is 5.10 Å². The summed E-state index contributed by atoms with van der Waals surface area (Å²) in [6.07, 6.45) is 3.30. The molecule has 8 nitrogen and oxygen atoms in total.